The summed E-state index contributed by atoms with van der Waals surface area (Å²) in [7, 11) is -5.89. The molecule has 0 radical (unpaired) electrons. The van der Waals surface area contributed by atoms with E-state index in [0.29, 0.717) is 23.7 Å². The number of aryl methyl sites for hydroxylation is 1. The van der Waals surface area contributed by atoms with Crippen LogP contribution in [0.2, 0.25) is 0 Å². The van der Waals surface area contributed by atoms with Crippen molar-refractivity contribution in [1.82, 2.24) is 13.4 Å². The maximum Gasteiger partial charge on any atom is 0.257 e. The molecule has 4 rings (SSSR count). The van der Waals surface area contributed by atoms with Crippen LogP contribution >= 0.6 is 22.9 Å². The van der Waals surface area contributed by atoms with Crippen molar-refractivity contribution in [2.24, 2.45) is 7.05 Å². The monoisotopic (exact) mass is 487 g/mol. The number of nitrogens with zero attached hydrogens (tertiary/aromatic N) is 1. The third kappa shape index (κ3) is 4.25. The van der Waals surface area contributed by atoms with Crippen LogP contribution in [-0.2, 0) is 27.1 Å². The number of aromatic nitrogens is 1. The number of rotatable bonds is 6. The molecule has 3 aromatic rings. The minimum Gasteiger partial charge on any atom is -0.297 e. The van der Waals surface area contributed by atoms with E-state index < -0.39 is 32.1 Å². The van der Waals surface area contributed by atoms with Gasteiger partial charge in [-0.25, -0.2) is 26.3 Å². The first kappa shape index (κ1) is 21.7. The van der Waals surface area contributed by atoms with E-state index in [2.05, 4.69) is 9.44 Å². The van der Waals surface area contributed by atoms with E-state index in [9.17, 15) is 21.6 Å². The lowest BCUT2D eigenvalue weighted by Crippen LogP contribution is -2.52. The lowest BCUT2D eigenvalue weighted by atomic mass is 9.92. The number of hydrogen-bond acceptors (Lipinski definition) is 7. The fourth-order valence-corrected chi connectivity index (χ4v) is 8.12. The van der Waals surface area contributed by atoms with Gasteiger partial charge in [0.1, 0.15) is 4.21 Å². The van der Waals surface area contributed by atoms with Gasteiger partial charge >= 0.3 is 0 Å². The molecule has 1 aliphatic carbocycles. The van der Waals surface area contributed by atoms with Crippen LogP contribution < -0.4 is 14.2 Å². The predicted molar refractivity (Wildman–Crippen MR) is 118 cm³/mol. The zero-order valence-electron chi connectivity index (χ0n) is 16.1. The van der Waals surface area contributed by atoms with Crippen molar-refractivity contribution in [1.29, 1.82) is 0 Å². The molecule has 2 heterocycles. The van der Waals surface area contributed by atoms with E-state index in [1.165, 1.54) is 18.2 Å². The molecule has 0 amide bonds. The van der Waals surface area contributed by atoms with Crippen molar-refractivity contribution < 1.29 is 16.8 Å². The molecular formula is C18H21N3O5S4. The van der Waals surface area contributed by atoms with Gasteiger partial charge in [-0.3, -0.25) is 8.75 Å². The van der Waals surface area contributed by atoms with Crippen LogP contribution in [-0.4, -0.2) is 32.9 Å². The molecule has 0 saturated heterocycles. The maximum atomic E-state index is 13.0. The molecule has 12 heteroatoms. The molecule has 0 aliphatic heterocycles. The standard InChI is InChI=1S/C18H21N3O5S4/c1-21-16-9-8-12(11-13(16)18(22)28-21)29(23,24)19-14-5-2-3-6-15(14)20-30(25,26)17-7-4-10-27-17/h4,7-11,14-15,19-20H,2-3,5-6H2,1H3/t14-,15-/m1/s1. The van der Waals surface area contributed by atoms with Crippen molar-refractivity contribution in [3.8, 4) is 0 Å². The van der Waals surface area contributed by atoms with Crippen molar-refractivity contribution in [2.45, 2.75) is 46.9 Å². The Morgan fingerprint density at radius 3 is 2.30 bits per heavy atom. The molecule has 2 N–H and O–H groups in total. The highest BCUT2D eigenvalue weighted by Crippen LogP contribution is 2.25. The van der Waals surface area contributed by atoms with Crippen LogP contribution in [0.3, 0.4) is 0 Å². The summed E-state index contributed by atoms with van der Waals surface area (Å²) in [5, 5.41) is 2.03. The Morgan fingerprint density at radius 1 is 1.00 bits per heavy atom. The van der Waals surface area contributed by atoms with E-state index in [1.54, 1.807) is 28.5 Å². The summed E-state index contributed by atoms with van der Waals surface area (Å²) < 4.78 is 58.3. The highest BCUT2D eigenvalue weighted by molar-refractivity contribution is 7.91. The number of nitrogens with one attached hydrogen (secondary N) is 2. The molecule has 2 aromatic heterocycles. The van der Waals surface area contributed by atoms with Crippen LogP contribution in [0.15, 0.2) is 49.6 Å². The minimum absolute atomic E-state index is 0.00376. The summed E-state index contributed by atoms with van der Waals surface area (Å²) >= 11 is 2.13. The normalized spacial score (nSPS) is 20.6. The molecule has 1 fully saturated rings. The maximum absolute atomic E-state index is 13.0. The van der Waals surface area contributed by atoms with Crippen molar-refractivity contribution >= 4 is 53.8 Å². The summed E-state index contributed by atoms with van der Waals surface area (Å²) in [5.41, 5.74) is 0.670. The molecule has 1 saturated carbocycles. The Bertz CT molecular complexity index is 1320. The molecule has 0 unspecified atom stereocenters. The van der Waals surface area contributed by atoms with Gasteiger partial charge in [-0.05, 0) is 54.0 Å². The summed E-state index contributed by atoms with van der Waals surface area (Å²) in [6.45, 7) is 0. The third-order valence-corrected chi connectivity index (χ3v) is 10.4. The molecule has 1 aromatic carbocycles. The van der Waals surface area contributed by atoms with Crippen LogP contribution in [0.4, 0.5) is 0 Å². The molecule has 162 valence electrons. The Kier molecular flexibility index (Phi) is 5.90. The van der Waals surface area contributed by atoms with Gasteiger partial charge < -0.3 is 0 Å². The first-order valence-corrected chi connectivity index (χ1v) is 14.0. The molecule has 0 bridgehead atoms. The lowest BCUT2D eigenvalue weighted by Gasteiger charge is -2.32. The second-order valence-electron chi connectivity index (χ2n) is 7.23. The first-order chi connectivity index (χ1) is 14.2. The fraction of sp³-hybridized carbons (Fsp3) is 0.389. The van der Waals surface area contributed by atoms with Gasteiger partial charge in [0.25, 0.3) is 4.74 Å². The number of benzene rings is 1. The fourth-order valence-electron chi connectivity index (χ4n) is 3.70. The number of sulfonamides is 2. The van der Waals surface area contributed by atoms with Crippen LogP contribution in [0.5, 0.6) is 0 Å². The van der Waals surface area contributed by atoms with Crippen LogP contribution in [0, 0.1) is 0 Å². The first-order valence-electron chi connectivity index (χ1n) is 9.36. The molecule has 1 aliphatic rings. The molecule has 0 spiro atoms. The third-order valence-electron chi connectivity index (χ3n) is 5.20. The van der Waals surface area contributed by atoms with Gasteiger partial charge in [0.05, 0.1) is 15.8 Å². The topological polar surface area (TPSA) is 114 Å². The Labute approximate surface area is 182 Å². The zero-order chi connectivity index (χ0) is 21.5. The molecular weight excluding hydrogens is 466 g/mol. The van der Waals surface area contributed by atoms with Gasteiger partial charge in [-0.1, -0.05) is 18.9 Å². The summed E-state index contributed by atoms with van der Waals surface area (Å²) in [4.78, 5) is 12.1. The van der Waals surface area contributed by atoms with Gasteiger partial charge in [-0.2, -0.15) is 0 Å². The molecule has 2 atom stereocenters. The van der Waals surface area contributed by atoms with E-state index in [1.807, 2.05) is 0 Å². The minimum atomic E-state index is -3.93. The van der Waals surface area contributed by atoms with Crippen molar-refractivity contribution in [3.63, 3.8) is 0 Å². The van der Waals surface area contributed by atoms with Crippen LogP contribution in [0.1, 0.15) is 25.7 Å². The SMILES string of the molecule is Cn1sc(=O)c2cc(S(=O)(=O)N[C@@H]3CCCC[C@H]3NS(=O)(=O)c3cccs3)ccc21. The quantitative estimate of drug-likeness (QED) is 0.553. The number of thiophene rings is 1. The van der Waals surface area contributed by atoms with E-state index in [4.69, 9.17) is 0 Å². The second kappa shape index (κ2) is 8.17. The average Bonchev–Trinajstić information content (AvgIpc) is 3.32. The molecule has 8 nitrogen and oxygen atoms in total. The van der Waals surface area contributed by atoms with Gasteiger partial charge in [0.15, 0.2) is 0 Å². The van der Waals surface area contributed by atoms with Crippen LogP contribution in [0.25, 0.3) is 10.9 Å². The lowest BCUT2D eigenvalue weighted by molar-refractivity contribution is 0.340. The highest BCUT2D eigenvalue weighted by Gasteiger charge is 2.33. The average molecular weight is 488 g/mol. The van der Waals surface area contributed by atoms with Gasteiger partial charge in [0, 0.05) is 19.1 Å². The Morgan fingerprint density at radius 2 is 1.67 bits per heavy atom. The van der Waals surface area contributed by atoms with E-state index in [-0.39, 0.29) is 13.8 Å². The Balaban J connectivity index is 1.59. The van der Waals surface area contributed by atoms with Crippen molar-refractivity contribution in [3.05, 3.63) is 45.2 Å². The largest absolute Gasteiger partial charge is 0.297 e. The number of fused-ring (bicyclic) bond motifs is 1. The summed E-state index contributed by atoms with van der Waals surface area (Å²) in [6, 6.07) is 6.52. The zero-order valence-corrected chi connectivity index (χ0v) is 19.3. The predicted octanol–water partition coefficient (Wildman–Crippen LogP) is 2.23. The van der Waals surface area contributed by atoms with E-state index in [0.717, 1.165) is 35.7 Å². The second-order valence-corrected chi connectivity index (χ2v) is 12.9. The molecule has 30 heavy (non-hydrogen) atoms. The van der Waals surface area contributed by atoms with Crippen molar-refractivity contribution in [2.75, 3.05) is 0 Å². The smallest absolute Gasteiger partial charge is 0.257 e. The van der Waals surface area contributed by atoms with Gasteiger partial charge in [-0.15, -0.1) is 11.3 Å². The summed E-state index contributed by atoms with van der Waals surface area (Å²) in [5.74, 6) is 0. The van der Waals surface area contributed by atoms with Gasteiger partial charge in [0.2, 0.25) is 20.0 Å². The number of hydrogen-bond donors (Lipinski definition) is 2. The Hall–Kier alpha value is -1.57. The summed E-state index contributed by atoms with van der Waals surface area (Å²) in [6.07, 6.45) is 2.68. The van der Waals surface area contributed by atoms with E-state index >= 15 is 0 Å². The highest BCUT2D eigenvalue weighted by atomic mass is 32.2.